The van der Waals surface area contributed by atoms with Crippen LogP contribution in [0.5, 0.6) is 5.75 Å². The van der Waals surface area contributed by atoms with E-state index in [2.05, 4.69) is 16.0 Å². The number of imide groups is 2. The zero-order valence-corrected chi connectivity index (χ0v) is 29.1. The number of nitrogens with one attached hydrogen (secondary N) is 3. The van der Waals surface area contributed by atoms with Gasteiger partial charge in [0.2, 0.25) is 17.7 Å². The van der Waals surface area contributed by atoms with Crippen molar-refractivity contribution in [2.75, 3.05) is 39.5 Å². The first-order chi connectivity index (χ1) is 22.4. The van der Waals surface area contributed by atoms with E-state index < -0.39 is 53.4 Å². The number of carbonyl (C=O) groups is 6. The summed E-state index contributed by atoms with van der Waals surface area (Å²) in [5.41, 5.74) is -1.32. The lowest BCUT2D eigenvalue weighted by molar-refractivity contribution is -0.136. The Morgan fingerprint density at radius 3 is 2.17 bits per heavy atom. The van der Waals surface area contributed by atoms with E-state index in [1.807, 2.05) is 48.5 Å². The maximum atomic E-state index is 13.2. The molecule has 2 aliphatic heterocycles. The minimum absolute atomic E-state index is 0.00560. The molecule has 14 heteroatoms. The van der Waals surface area contributed by atoms with Crippen LogP contribution >= 0.6 is 0 Å². The molecule has 0 spiro atoms. The number of fused-ring (bicyclic) bond motifs is 1. The first-order valence-corrected chi connectivity index (χ1v) is 16.4. The number of hydrogen-bond donors (Lipinski definition) is 3. The molecular formula is C34H50N4O10. The van der Waals surface area contributed by atoms with E-state index in [9.17, 15) is 28.8 Å². The highest BCUT2D eigenvalue weighted by atomic mass is 16.5. The summed E-state index contributed by atoms with van der Waals surface area (Å²) >= 11 is 0. The second kappa shape index (κ2) is 16.5. The molecule has 6 amide bonds. The van der Waals surface area contributed by atoms with E-state index >= 15 is 0 Å². The Labute approximate surface area is 281 Å². The van der Waals surface area contributed by atoms with Crippen LogP contribution in [0, 0.1) is 0 Å². The number of hydrogen-bond acceptors (Lipinski definition) is 10. The van der Waals surface area contributed by atoms with Gasteiger partial charge in [-0.05, 0) is 79.4 Å². The molecule has 2 aliphatic rings. The summed E-state index contributed by atoms with van der Waals surface area (Å²) in [6, 6.07) is 3.36. The molecule has 1 fully saturated rings. The van der Waals surface area contributed by atoms with Crippen molar-refractivity contribution in [2.45, 2.75) is 103 Å². The molecule has 48 heavy (non-hydrogen) atoms. The lowest BCUT2D eigenvalue weighted by atomic mass is 10.0. The molecule has 1 atom stereocenters. The van der Waals surface area contributed by atoms with Crippen molar-refractivity contribution in [3.8, 4) is 5.75 Å². The topological polar surface area (TPSA) is 179 Å². The van der Waals surface area contributed by atoms with E-state index in [1.54, 1.807) is 0 Å². The van der Waals surface area contributed by atoms with Gasteiger partial charge < -0.3 is 29.6 Å². The number of amides is 6. The highest BCUT2D eigenvalue weighted by Gasteiger charge is 2.46. The van der Waals surface area contributed by atoms with Gasteiger partial charge in [-0.15, -0.1) is 0 Å². The van der Waals surface area contributed by atoms with Gasteiger partial charge in [0.1, 0.15) is 18.4 Å². The lowest BCUT2D eigenvalue weighted by Crippen LogP contribution is -2.54. The predicted octanol–water partition coefficient (Wildman–Crippen LogP) is 2.27. The van der Waals surface area contributed by atoms with E-state index in [0.717, 1.165) is 11.3 Å². The minimum atomic E-state index is -1.10. The fraction of sp³-hybridized carbons (Fsp3) is 0.647. The maximum Gasteiger partial charge on any atom is 0.266 e. The second-order valence-electron chi connectivity index (χ2n) is 13.7. The van der Waals surface area contributed by atoms with Crippen molar-refractivity contribution < 1.29 is 47.7 Å². The van der Waals surface area contributed by atoms with Crippen LogP contribution in [-0.4, -0.2) is 103 Å². The SMILES string of the molecule is CCC(C)(C)OCC(=O)NCCOC(C)(C)CCOC(C)(C)CCNC(=O)COc1cccc2c1C(=O)N(C1CCC(=O)NC1=O)C2=O. The van der Waals surface area contributed by atoms with Gasteiger partial charge in [-0.1, -0.05) is 13.0 Å². The molecule has 1 unspecified atom stereocenters. The molecule has 1 saturated heterocycles. The Hall–Kier alpha value is -3.88. The molecule has 0 saturated carbocycles. The van der Waals surface area contributed by atoms with Gasteiger partial charge in [-0.3, -0.25) is 39.0 Å². The van der Waals surface area contributed by atoms with Crippen LogP contribution in [0.4, 0.5) is 0 Å². The molecule has 0 aromatic heterocycles. The highest BCUT2D eigenvalue weighted by Crippen LogP contribution is 2.33. The van der Waals surface area contributed by atoms with Crippen molar-refractivity contribution >= 4 is 35.4 Å². The standard InChI is InChI=1S/C34H50N4O10/c1-8-32(2,3)48-21-27(41)36-17-19-47-34(6,7)15-18-46-33(4,5)14-16-35-26(40)20-45-24-11-9-10-22-28(24)31(44)38(30(22)43)23-12-13-25(39)37-29(23)42/h9-11,23H,8,12-21H2,1-7H3,(H,35,40)(H,36,41)(H,37,39,42). The fourth-order valence-corrected chi connectivity index (χ4v) is 4.95. The summed E-state index contributed by atoms with van der Waals surface area (Å²) in [5.74, 6) is -3.09. The molecule has 266 valence electrons. The summed E-state index contributed by atoms with van der Waals surface area (Å²) in [7, 11) is 0. The summed E-state index contributed by atoms with van der Waals surface area (Å²) in [5, 5.41) is 7.74. The molecule has 0 bridgehead atoms. The van der Waals surface area contributed by atoms with Crippen LogP contribution in [0.3, 0.4) is 0 Å². The second-order valence-corrected chi connectivity index (χ2v) is 13.7. The van der Waals surface area contributed by atoms with E-state index in [4.69, 9.17) is 18.9 Å². The summed E-state index contributed by atoms with van der Waals surface area (Å²) in [6.07, 6.45) is 1.98. The van der Waals surface area contributed by atoms with E-state index in [1.165, 1.54) is 18.2 Å². The first-order valence-electron chi connectivity index (χ1n) is 16.4. The number of rotatable bonds is 19. The zero-order valence-electron chi connectivity index (χ0n) is 29.1. The number of nitrogens with zero attached hydrogens (tertiary/aromatic N) is 1. The number of benzene rings is 1. The molecule has 3 N–H and O–H groups in total. The average molecular weight is 675 g/mol. The van der Waals surface area contributed by atoms with Gasteiger partial charge in [-0.2, -0.15) is 0 Å². The Bertz CT molecular complexity index is 1370. The number of piperidine rings is 1. The normalized spacial score (nSPS) is 16.9. The van der Waals surface area contributed by atoms with E-state index in [-0.39, 0.29) is 47.8 Å². The Morgan fingerprint density at radius 2 is 1.48 bits per heavy atom. The van der Waals surface area contributed by atoms with Crippen molar-refractivity contribution in [1.82, 2.24) is 20.9 Å². The number of ether oxygens (including phenoxy) is 4. The van der Waals surface area contributed by atoms with Crippen molar-refractivity contribution in [3.05, 3.63) is 29.3 Å². The third-order valence-corrected chi connectivity index (χ3v) is 8.40. The van der Waals surface area contributed by atoms with Crippen LogP contribution in [0.25, 0.3) is 0 Å². The molecule has 2 heterocycles. The molecule has 0 aliphatic carbocycles. The van der Waals surface area contributed by atoms with Crippen LogP contribution in [0.15, 0.2) is 18.2 Å². The average Bonchev–Trinajstić information content (AvgIpc) is 3.26. The lowest BCUT2D eigenvalue weighted by Gasteiger charge is -2.30. The van der Waals surface area contributed by atoms with Crippen LogP contribution in [0.2, 0.25) is 0 Å². The zero-order chi connectivity index (χ0) is 35.7. The molecule has 1 aromatic rings. The quantitative estimate of drug-likeness (QED) is 0.146. The fourth-order valence-electron chi connectivity index (χ4n) is 4.95. The van der Waals surface area contributed by atoms with Crippen LogP contribution < -0.4 is 20.7 Å². The van der Waals surface area contributed by atoms with Crippen molar-refractivity contribution in [1.29, 1.82) is 0 Å². The summed E-state index contributed by atoms with van der Waals surface area (Å²) in [4.78, 5) is 75.5. The highest BCUT2D eigenvalue weighted by molar-refractivity contribution is 6.24. The molecule has 14 nitrogen and oxygen atoms in total. The predicted molar refractivity (Wildman–Crippen MR) is 174 cm³/mol. The van der Waals surface area contributed by atoms with Gasteiger partial charge in [-0.25, -0.2) is 0 Å². The Morgan fingerprint density at radius 1 is 0.833 bits per heavy atom. The van der Waals surface area contributed by atoms with Crippen LogP contribution in [0.1, 0.15) is 101 Å². The van der Waals surface area contributed by atoms with Gasteiger partial charge in [0, 0.05) is 19.5 Å². The maximum absolute atomic E-state index is 13.2. The van der Waals surface area contributed by atoms with Gasteiger partial charge >= 0.3 is 0 Å². The molecular weight excluding hydrogens is 624 g/mol. The minimum Gasteiger partial charge on any atom is -0.483 e. The van der Waals surface area contributed by atoms with Gasteiger partial charge in [0.25, 0.3) is 17.7 Å². The smallest absolute Gasteiger partial charge is 0.266 e. The third-order valence-electron chi connectivity index (χ3n) is 8.40. The van der Waals surface area contributed by atoms with Crippen LogP contribution in [-0.2, 0) is 33.4 Å². The summed E-state index contributed by atoms with van der Waals surface area (Å²) in [6.45, 7) is 14.7. The molecule has 1 aromatic carbocycles. The Balaban J connectivity index is 1.36. The number of carbonyl (C=O) groups excluding carboxylic acids is 6. The molecule has 0 radical (unpaired) electrons. The van der Waals surface area contributed by atoms with Gasteiger partial charge in [0.15, 0.2) is 6.61 Å². The largest absolute Gasteiger partial charge is 0.483 e. The summed E-state index contributed by atoms with van der Waals surface area (Å²) < 4.78 is 23.3. The first kappa shape index (κ1) is 38.6. The van der Waals surface area contributed by atoms with E-state index in [0.29, 0.717) is 39.1 Å². The van der Waals surface area contributed by atoms with Gasteiger partial charge in [0.05, 0.1) is 41.1 Å². The molecule has 3 rings (SSSR count). The van der Waals surface area contributed by atoms with Crippen molar-refractivity contribution in [3.63, 3.8) is 0 Å². The monoisotopic (exact) mass is 674 g/mol. The Kier molecular flexibility index (Phi) is 13.2. The third kappa shape index (κ3) is 11.1. The van der Waals surface area contributed by atoms with Crippen molar-refractivity contribution in [2.24, 2.45) is 0 Å².